The van der Waals surface area contributed by atoms with E-state index < -0.39 is 59.3 Å². The number of hydrogen-bond acceptors (Lipinski definition) is 6. The first-order valence-electron chi connectivity index (χ1n) is 8.75. The van der Waals surface area contributed by atoms with Gasteiger partial charge in [-0.25, -0.2) is 0 Å². The van der Waals surface area contributed by atoms with E-state index in [1.54, 1.807) is 6.92 Å². The number of fused-ring (bicyclic) bond motifs is 3. The van der Waals surface area contributed by atoms with Crippen molar-refractivity contribution in [2.24, 2.45) is 11.8 Å². The van der Waals surface area contributed by atoms with Crippen LogP contribution in [0.4, 0.5) is 26.3 Å². The van der Waals surface area contributed by atoms with Crippen LogP contribution >= 0.6 is 54.7 Å². The summed E-state index contributed by atoms with van der Waals surface area (Å²) in [5.74, 6) is -1.37. The molecule has 0 aromatic carbocycles. The Kier molecular flexibility index (Phi) is 5.43. The van der Waals surface area contributed by atoms with E-state index in [0.29, 0.717) is 6.42 Å². The van der Waals surface area contributed by atoms with E-state index in [1.807, 2.05) is 22.6 Å². The number of carbonyl (C=O) groups is 1. The van der Waals surface area contributed by atoms with Crippen LogP contribution in [0.3, 0.4) is 0 Å². The van der Waals surface area contributed by atoms with Crippen molar-refractivity contribution >= 4 is 60.7 Å². The van der Waals surface area contributed by atoms with Crippen LogP contribution in [-0.4, -0.2) is 53.2 Å². The number of esters is 1. The van der Waals surface area contributed by atoms with Crippen molar-refractivity contribution in [1.82, 2.24) is 7.06 Å². The average Bonchev–Trinajstić information content (AvgIpc) is 3.36. The number of halogens is 8. The van der Waals surface area contributed by atoms with Gasteiger partial charge in [0.2, 0.25) is 0 Å². The first kappa shape index (κ1) is 22.9. The summed E-state index contributed by atoms with van der Waals surface area (Å²) in [5.41, 5.74) is -4.70. The SMILES string of the molecule is CC(I)(C(=O)OCC1CC2SC1CC2CC(O)(C(F)(F)F)C(F)(F)F)C12NI1N2. The van der Waals surface area contributed by atoms with Gasteiger partial charge in [-0.05, 0) is 0 Å². The zero-order chi connectivity index (χ0) is 21.6. The van der Waals surface area contributed by atoms with Crippen LogP contribution < -0.4 is 7.06 Å². The first-order chi connectivity index (χ1) is 13.1. The molecule has 168 valence electrons. The summed E-state index contributed by atoms with van der Waals surface area (Å²) in [6.07, 6.45) is -12.5. The monoisotopic (exact) mass is 674 g/mol. The van der Waals surface area contributed by atoms with Crippen molar-refractivity contribution in [1.29, 1.82) is 0 Å². The van der Waals surface area contributed by atoms with Crippen molar-refractivity contribution in [2.45, 2.75) is 61.7 Å². The van der Waals surface area contributed by atoms with Crippen molar-refractivity contribution in [2.75, 3.05) is 6.61 Å². The Balaban J connectivity index is 1.32. The maximum absolute atomic E-state index is 13.0. The van der Waals surface area contributed by atoms with Crippen molar-refractivity contribution in [3.63, 3.8) is 0 Å². The summed E-state index contributed by atoms with van der Waals surface area (Å²) in [7, 11) is 0. The number of rotatable bonds is 6. The van der Waals surface area contributed by atoms with Gasteiger partial charge in [-0.1, -0.05) is 0 Å². The number of alkyl halides is 8. The molecule has 14 heteroatoms. The Labute approximate surface area is 188 Å². The second-order valence-corrected chi connectivity index (χ2v) is 16.0. The number of carbonyl (C=O) groups excluding carboxylic acids is 1. The van der Waals surface area contributed by atoms with Gasteiger partial charge in [-0.3, -0.25) is 0 Å². The van der Waals surface area contributed by atoms with Gasteiger partial charge >= 0.3 is 163 Å². The molecule has 4 aliphatic heterocycles. The van der Waals surface area contributed by atoms with Gasteiger partial charge in [-0.2, -0.15) is 26.3 Å². The van der Waals surface area contributed by atoms with E-state index in [-0.39, 0.29) is 33.8 Å². The minimum absolute atomic E-state index is 0.103. The van der Waals surface area contributed by atoms with Gasteiger partial charge in [0.15, 0.2) is 0 Å². The molecular weight excluding hydrogens is 656 g/mol. The zero-order valence-electron chi connectivity index (χ0n) is 14.8. The quantitative estimate of drug-likeness (QED) is 0.0759. The van der Waals surface area contributed by atoms with Crippen LogP contribution in [0.2, 0.25) is 0 Å². The van der Waals surface area contributed by atoms with E-state index in [9.17, 15) is 36.2 Å². The fraction of sp³-hybridized carbons (Fsp3) is 0.933. The zero-order valence-corrected chi connectivity index (χ0v) is 20.0. The van der Waals surface area contributed by atoms with Crippen LogP contribution in [0.25, 0.3) is 0 Å². The van der Waals surface area contributed by atoms with Crippen molar-refractivity contribution < 1.29 is 41.0 Å². The summed E-state index contributed by atoms with van der Waals surface area (Å²) in [4.78, 5) is 12.4. The summed E-state index contributed by atoms with van der Waals surface area (Å²) in [6.45, 7) is 1.88. The number of aliphatic hydroxyl groups is 1. The molecule has 0 aromatic heterocycles. The molecule has 0 aliphatic carbocycles. The van der Waals surface area contributed by atoms with E-state index in [1.165, 1.54) is 11.8 Å². The summed E-state index contributed by atoms with van der Waals surface area (Å²) in [6, 6.07) is 0. The summed E-state index contributed by atoms with van der Waals surface area (Å²) < 4.78 is 88.7. The van der Waals surface area contributed by atoms with E-state index in [2.05, 4.69) is 7.06 Å². The Bertz CT molecular complexity index is 701. The van der Waals surface area contributed by atoms with Crippen LogP contribution in [0.1, 0.15) is 26.2 Å². The number of nitrogens with one attached hydrogen (secondary N) is 2. The standard InChI is InChI=1S/C15H18F6I2N2O3S/c1-11(22,15-23(24-15)25-15)10(26)28-5-7-3-8-6(2-9(7)29-8)4-12(27,13(16,17)18)14(19,20)21/h6-9,24-25,27H,2-5H2,1H3. The molecule has 4 rings (SSSR count). The Morgan fingerprint density at radius 1 is 1.17 bits per heavy atom. The molecule has 0 aromatic rings. The molecular formula is C15H18F6I2N2O3S. The van der Waals surface area contributed by atoms with Crippen molar-refractivity contribution in [3.8, 4) is 0 Å². The molecule has 0 radical (unpaired) electrons. The third-order valence-corrected chi connectivity index (χ3v) is 15.1. The molecule has 4 saturated heterocycles. The van der Waals surface area contributed by atoms with Gasteiger partial charge in [0.25, 0.3) is 0 Å². The van der Waals surface area contributed by atoms with Gasteiger partial charge in [0, 0.05) is 0 Å². The molecule has 4 fully saturated rings. The third kappa shape index (κ3) is 3.58. The molecule has 29 heavy (non-hydrogen) atoms. The van der Waals surface area contributed by atoms with Crippen LogP contribution in [0.15, 0.2) is 0 Å². The molecule has 0 amide bonds. The summed E-state index contributed by atoms with van der Waals surface area (Å²) >= 11 is 2.04. The minimum atomic E-state index is -5.79. The van der Waals surface area contributed by atoms with Crippen LogP contribution in [0, 0.1) is 11.8 Å². The van der Waals surface area contributed by atoms with Crippen LogP contribution in [0.5, 0.6) is 0 Å². The molecule has 3 N–H and O–H groups in total. The summed E-state index contributed by atoms with van der Waals surface area (Å²) in [5, 5.41) is 8.86. The van der Waals surface area contributed by atoms with E-state index in [0.717, 1.165) is 0 Å². The topological polar surface area (TPSA) is 90.4 Å². The Hall–Kier alpha value is 0.740. The number of thioether (sulfide) groups is 1. The second kappa shape index (κ2) is 6.87. The van der Waals surface area contributed by atoms with Crippen molar-refractivity contribution in [3.05, 3.63) is 0 Å². The Morgan fingerprint density at radius 2 is 1.66 bits per heavy atom. The van der Waals surface area contributed by atoms with Crippen LogP contribution in [-0.2, 0) is 9.53 Å². The van der Waals surface area contributed by atoms with Gasteiger partial charge in [0.1, 0.15) is 0 Å². The fourth-order valence-corrected chi connectivity index (χ4v) is 13.8. The molecule has 2 bridgehead atoms. The third-order valence-electron chi connectivity index (χ3n) is 6.09. The van der Waals surface area contributed by atoms with E-state index >= 15 is 0 Å². The molecule has 4 aliphatic rings. The van der Waals surface area contributed by atoms with Gasteiger partial charge in [-0.15, -0.1) is 0 Å². The molecule has 0 saturated carbocycles. The molecule has 4 heterocycles. The molecule has 5 atom stereocenters. The normalized spacial score (nSPS) is 35.8. The predicted octanol–water partition coefficient (Wildman–Crippen LogP) is 3.68. The predicted molar refractivity (Wildman–Crippen MR) is 109 cm³/mol. The average molecular weight is 674 g/mol. The first-order valence-corrected chi connectivity index (χ1v) is 14.0. The van der Waals surface area contributed by atoms with E-state index in [4.69, 9.17) is 4.74 Å². The number of hydrogen-bond donors (Lipinski definition) is 3. The second-order valence-electron chi connectivity index (χ2n) is 8.00. The molecule has 0 spiro atoms. The Morgan fingerprint density at radius 3 is 2.07 bits per heavy atom. The van der Waals surface area contributed by atoms with Gasteiger partial charge in [0.05, 0.1) is 0 Å². The fourth-order valence-electron chi connectivity index (χ4n) is 4.04. The number of ether oxygens (including phenoxy) is 1. The molecule has 5 unspecified atom stereocenters. The molecule has 5 nitrogen and oxygen atoms in total. The van der Waals surface area contributed by atoms with Gasteiger partial charge < -0.3 is 0 Å². The maximum atomic E-state index is 13.0.